The lowest BCUT2D eigenvalue weighted by Crippen LogP contribution is -2.61. The number of nitrogens with one attached hydrogen (secondary N) is 1. The maximum absolute atomic E-state index is 11.7. The fourth-order valence-corrected chi connectivity index (χ4v) is 1.45. The van der Waals surface area contributed by atoms with Crippen LogP contribution < -0.4 is 11.1 Å². The summed E-state index contributed by atoms with van der Waals surface area (Å²) < 4.78 is 4.95. The lowest BCUT2D eigenvalue weighted by Gasteiger charge is -2.34. The molecule has 0 aromatic heterocycles. The molecule has 2 atom stereocenters. The van der Waals surface area contributed by atoms with Gasteiger partial charge < -0.3 is 10.5 Å². The highest BCUT2D eigenvalue weighted by atomic mass is 16.5. The lowest BCUT2D eigenvalue weighted by atomic mass is 9.86. The van der Waals surface area contributed by atoms with Crippen LogP contribution in [0, 0.1) is 5.92 Å². The second-order valence-electron chi connectivity index (χ2n) is 4.58. The van der Waals surface area contributed by atoms with Gasteiger partial charge in [-0.2, -0.15) is 0 Å². The van der Waals surface area contributed by atoms with Crippen molar-refractivity contribution in [1.82, 2.24) is 5.32 Å². The number of rotatable bonds is 7. The van der Waals surface area contributed by atoms with E-state index in [0.29, 0.717) is 13.0 Å². The Kier molecular flexibility index (Phi) is 6.16. The average Bonchev–Trinajstić information content (AvgIpc) is 2.25. The summed E-state index contributed by atoms with van der Waals surface area (Å²) in [5.41, 5.74) is 4.49. The van der Waals surface area contributed by atoms with E-state index in [0.717, 1.165) is 0 Å². The van der Waals surface area contributed by atoms with Gasteiger partial charge in [0.15, 0.2) is 0 Å². The minimum absolute atomic E-state index is 0.0107. The van der Waals surface area contributed by atoms with Gasteiger partial charge in [-0.05, 0) is 26.2 Å². The van der Waals surface area contributed by atoms with Crippen molar-refractivity contribution >= 4 is 11.9 Å². The summed E-state index contributed by atoms with van der Waals surface area (Å²) in [7, 11) is 0. The summed E-state index contributed by atoms with van der Waals surface area (Å²) in [4.78, 5) is 23.2. The number of carbonyl (C=O) groups is 2. The zero-order valence-corrected chi connectivity index (χ0v) is 11.4. The summed E-state index contributed by atoms with van der Waals surface area (Å²) in [6, 6.07) is -0.505. The van der Waals surface area contributed by atoms with E-state index in [4.69, 9.17) is 10.5 Å². The Bertz CT molecular complexity index is 279. The molecule has 3 N–H and O–H groups in total. The third-order valence-electron chi connectivity index (χ3n) is 3.12. The molecular formula is C12H24N2O3. The van der Waals surface area contributed by atoms with Crippen LogP contribution in [0.5, 0.6) is 0 Å². The molecule has 0 spiro atoms. The van der Waals surface area contributed by atoms with E-state index in [1.807, 2.05) is 20.8 Å². The van der Waals surface area contributed by atoms with Crippen LogP contribution >= 0.6 is 0 Å². The van der Waals surface area contributed by atoms with Crippen LogP contribution in [0.2, 0.25) is 0 Å². The number of amides is 1. The van der Waals surface area contributed by atoms with E-state index in [1.54, 1.807) is 13.8 Å². The average molecular weight is 244 g/mol. The van der Waals surface area contributed by atoms with Crippen LogP contribution in [-0.4, -0.2) is 30.1 Å². The highest BCUT2D eigenvalue weighted by molar-refractivity contribution is 5.86. The molecule has 0 aliphatic heterocycles. The molecule has 1 amide bonds. The van der Waals surface area contributed by atoms with Crippen LogP contribution in [0.25, 0.3) is 0 Å². The second kappa shape index (κ2) is 6.59. The van der Waals surface area contributed by atoms with E-state index in [1.165, 1.54) is 0 Å². The van der Waals surface area contributed by atoms with Crippen molar-refractivity contribution in [3.63, 3.8) is 0 Å². The summed E-state index contributed by atoms with van der Waals surface area (Å²) >= 11 is 0. The van der Waals surface area contributed by atoms with E-state index in [2.05, 4.69) is 5.32 Å². The largest absolute Gasteiger partial charge is 0.465 e. The molecule has 5 heteroatoms. The van der Waals surface area contributed by atoms with Gasteiger partial charge in [0.25, 0.3) is 0 Å². The molecule has 0 saturated heterocycles. The standard InChI is InChI=1S/C12H24N2O3/c1-6-9(10(15)17-7-2)14-12(5,8(3)4)11(13)16/h8-9,14H,6-7H2,1-5H3,(H2,13,16). The Morgan fingerprint density at radius 3 is 2.18 bits per heavy atom. The highest BCUT2D eigenvalue weighted by Crippen LogP contribution is 2.17. The minimum atomic E-state index is -0.909. The van der Waals surface area contributed by atoms with Gasteiger partial charge in [0, 0.05) is 0 Å². The third-order valence-corrected chi connectivity index (χ3v) is 3.12. The molecule has 0 radical (unpaired) electrons. The highest BCUT2D eigenvalue weighted by Gasteiger charge is 2.38. The Labute approximate surface area is 103 Å². The molecule has 2 unspecified atom stereocenters. The lowest BCUT2D eigenvalue weighted by molar-refractivity contribution is -0.147. The van der Waals surface area contributed by atoms with Gasteiger partial charge in [0.2, 0.25) is 5.91 Å². The van der Waals surface area contributed by atoms with Crippen molar-refractivity contribution in [2.75, 3.05) is 6.61 Å². The van der Waals surface area contributed by atoms with Gasteiger partial charge in [-0.3, -0.25) is 14.9 Å². The van der Waals surface area contributed by atoms with Crippen molar-refractivity contribution in [2.45, 2.75) is 52.6 Å². The molecule has 0 aliphatic carbocycles. The smallest absolute Gasteiger partial charge is 0.323 e. The topological polar surface area (TPSA) is 81.4 Å². The summed E-state index contributed by atoms with van der Waals surface area (Å²) in [6.45, 7) is 9.41. The fourth-order valence-electron chi connectivity index (χ4n) is 1.45. The van der Waals surface area contributed by atoms with Gasteiger partial charge in [0.1, 0.15) is 6.04 Å². The van der Waals surface area contributed by atoms with Crippen LogP contribution in [0.1, 0.15) is 41.0 Å². The number of ether oxygens (including phenoxy) is 1. The third kappa shape index (κ3) is 4.00. The van der Waals surface area contributed by atoms with Crippen LogP contribution in [-0.2, 0) is 14.3 Å². The first-order chi connectivity index (χ1) is 7.79. The monoisotopic (exact) mass is 244 g/mol. The van der Waals surface area contributed by atoms with Gasteiger partial charge in [-0.1, -0.05) is 20.8 Å². The maximum Gasteiger partial charge on any atom is 0.323 e. The molecule has 0 bridgehead atoms. The van der Waals surface area contributed by atoms with Crippen molar-refractivity contribution in [3.05, 3.63) is 0 Å². The van der Waals surface area contributed by atoms with Crippen molar-refractivity contribution in [2.24, 2.45) is 11.7 Å². The second-order valence-corrected chi connectivity index (χ2v) is 4.58. The Morgan fingerprint density at radius 2 is 1.88 bits per heavy atom. The van der Waals surface area contributed by atoms with Gasteiger partial charge in [-0.15, -0.1) is 0 Å². The molecule has 100 valence electrons. The van der Waals surface area contributed by atoms with Crippen molar-refractivity contribution < 1.29 is 14.3 Å². The number of hydrogen-bond donors (Lipinski definition) is 2. The molecule has 17 heavy (non-hydrogen) atoms. The molecular weight excluding hydrogens is 220 g/mol. The fraction of sp³-hybridized carbons (Fsp3) is 0.833. The van der Waals surface area contributed by atoms with E-state index in [-0.39, 0.29) is 11.9 Å². The molecule has 0 fully saturated rings. The number of carbonyl (C=O) groups excluding carboxylic acids is 2. The Balaban J connectivity index is 4.84. The number of primary amides is 1. The molecule has 5 nitrogen and oxygen atoms in total. The van der Waals surface area contributed by atoms with E-state index in [9.17, 15) is 9.59 Å². The molecule has 0 aromatic rings. The zero-order valence-electron chi connectivity index (χ0n) is 11.4. The summed E-state index contributed by atoms with van der Waals surface area (Å²) in [5.74, 6) is -0.818. The van der Waals surface area contributed by atoms with Gasteiger partial charge >= 0.3 is 5.97 Å². The first-order valence-corrected chi connectivity index (χ1v) is 6.03. The summed E-state index contributed by atoms with van der Waals surface area (Å²) in [6.07, 6.45) is 0.550. The SMILES string of the molecule is CCOC(=O)C(CC)NC(C)(C(N)=O)C(C)C. The van der Waals surface area contributed by atoms with Crippen molar-refractivity contribution in [1.29, 1.82) is 0 Å². The van der Waals surface area contributed by atoms with Crippen LogP contribution in [0.15, 0.2) is 0 Å². The molecule has 0 rings (SSSR count). The molecule has 0 saturated carbocycles. The number of nitrogens with two attached hydrogens (primary N) is 1. The first kappa shape index (κ1) is 15.9. The first-order valence-electron chi connectivity index (χ1n) is 6.03. The van der Waals surface area contributed by atoms with Crippen LogP contribution in [0.4, 0.5) is 0 Å². The predicted octanol–water partition coefficient (Wildman–Crippen LogP) is 0.818. The van der Waals surface area contributed by atoms with Crippen molar-refractivity contribution in [3.8, 4) is 0 Å². The van der Waals surface area contributed by atoms with E-state index < -0.39 is 17.5 Å². The van der Waals surface area contributed by atoms with Crippen LogP contribution in [0.3, 0.4) is 0 Å². The van der Waals surface area contributed by atoms with Gasteiger partial charge in [-0.25, -0.2) is 0 Å². The predicted molar refractivity (Wildman–Crippen MR) is 66.3 cm³/mol. The van der Waals surface area contributed by atoms with Gasteiger partial charge in [0.05, 0.1) is 12.1 Å². The Hall–Kier alpha value is -1.10. The number of esters is 1. The summed E-state index contributed by atoms with van der Waals surface area (Å²) in [5, 5.41) is 3.01. The molecule has 0 heterocycles. The Morgan fingerprint density at radius 1 is 1.35 bits per heavy atom. The number of hydrogen-bond acceptors (Lipinski definition) is 4. The van der Waals surface area contributed by atoms with E-state index >= 15 is 0 Å². The molecule has 0 aromatic carbocycles. The normalized spacial score (nSPS) is 16.4. The minimum Gasteiger partial charge on any atom is -0.465 e. The molecule has 0 aliphatic rings. The maximum atomic E-state index is 11.7. The quantitative estimate of drug-likeness (QED) is 0.650. The zero-order chi connectivity index (χ0) is 13.6.